The van der Waals surface area contributed by atoms with Gasteiger partial charge in [-0.3, -0.25) is 4.79 Å². The minimum atomic E-state index is -0.565. The van der Waals surface area contributed by atoms with E-state index in [1.165, 1.54) is 0 Å². The lowest BCUT2D eigenvalue weighted by molar-refractivity contribution is -0.122. The zero-order valence-corrected chi connectivity index (χ0v) is 11.9. The molecule has 108 valence electrons. The molecule has 0 bridgehead atoms. The van der Waals surface area contributed by atoms with Crippen molar-refractivity contribution in [1.29, 1.82) is 0 Å². The van der Waals surface area contributed by atoms with Crippen molar-refractivity contribution >= 4 is 18.3 Å². The van der Waals surface area contributed by atoms with Crippen LogP contribution in [-0.4, -0.2) is 30.8 Å². The fourth-order valence-electron chi connectivity index (χ4n) is 1.59. The Morgan fingerprint density at radius 1 is 1.42 bits per heavy atom. The Hall–Kier alpha value is -1.30. The fraction of sp³-hybridized carbons (Fsp3) is 0.462. The number of nitrogens with two attached hydrogens (primary N) is 1. The van der Waals surface area contributed by atoms with E-state index < -0.39 is 6.04 Å². The van der Waals surface area contributed by atoms with E-state index in [2.05, 4.69) is 5.32 Å². The molecule has 1 aromatic carbocycles. The summed E-state index contributed by atoms with van der Waals surface area (Å²) in [4.78, 5) is 11.6. The van der Waals surface area contributed by atoms with Gasteiger partial charge in [0.05, 0.1) is 19.2 Å². The van der Waals surface area contributed by atoms with Gasteiger partial charge in [0.25, 0.3) is 0 Å². The summed E-state index contributed by atoms with van der Waals surface area (Å²) in [6.07, 6.45) is 0.449. The molecule has 0 radical (unpaired) electrons. The lowest BCUT2D eigenvalue weighted by Crippen LogP contribution is -2.40. The summed E-state index contributed by atoms with van der Waals surface area (Å²) >= 11 is 0. The van der Waals surface area contributed by atoms with Crippen LogP contribution in [0.15, 0.2) is 24.3 Å². The van der Waals surface area contributed by atoms with Crippen molar-refractivity contribution in [2.24, 2.45) is 5.73 Å². The number of nitrogens with one attached hydrogen (secondary N) is 1. The van der Waals surface area contributed by atoms with Crippen LogP contribution >= 0.6 is 12.4 Å². The molecule has 0 saturated heterocycles. The first-order valence-corrected chi connectivity index (χ1v) is 5.89. The summed E-state index contributed by atoms with van der Waals surface area (Å²) in [7, 11) is 1.60. The van der Waals surface area contributed by atoms with Gasteiger partial charge >= 0.3 is 0 Å². The Bertz CT molecular complexity index is 382. The summed E-state index contributed by atoms with van der Waals surface area (Å²) in [5, 5.41) is 11.8. The number of amides is 1. The topological polar surface area (TPSA) is 84.6 Å². The number of benzene rings is 1. The predicted molar refractivity (Wildman–Crippen MR) is 76.5 cm³/mol. The smallest absolute Gasteiger partial charge is 0.237 e. The molecule has 1 rings (SSSR count). The minimum absolute atomic E-state index is 0. The Morgan fingerprint density at radius 3 is 2.42 bits per heavy atom. The van der Waals surface area contributed by atoms with E-state index in [4.69, 9.17) is 15.6 Å². The standard InChI is InChI=1S/C13H20N2O3.ClH/c1-9(14)13(17)15-12(7-8-16)10-3-5-11(18-2)6-4-10;/h3-6,9,12,16H,7-8,14H2,1-2H3,(H,15,17);1H. The number of aliphatic hydroxyl groups excluding tert-OH is 1. The molecule has 2 unspecified atom stereocenters. The summed E-state index contributed by atoms with van der Waals surface area (Å²) in [5.41, 5.74) is 6.43. The van der Waals surface area contributed by atoms with Gasteiger partial charge in [-0.15, -0.1) is 12.4 Å². The van der Waals surface area contributed by atoms with Crippen molar-refractivity contribution in [2.45, 2.75) is 25.4 Å². The molecule has 2 atom stereocenters. The maximum atomic E-state index is 11.6. The Balaban J connectivity index is 0.00000324. The van der Waals surface area contributed by atoms with Crippen LogP contribution in [0.25, 0.3) is 0 Å². The van der Waals surface area contributed by atoms with E-state index in [0.717, 1.165) is 11.3 Å². The van der Waals surface area contributed by atoms with Crippen molar-refractivity contribution in [2.75, 3.05) is 13.7 Å². The van der Waals surface area contributed by atoms with Gasteiger partial charge in [0.2, 0.25) is 5.91 Å². The van der Waals surface area contributed by atoms with Crippen molar-refractivity contribution in [3.63, 3.8) is 0 Å². The number of carbonyl (C=O) groups is 1. The molecule has 0 aliphatic carbocycles. The van der Waals surface area contributed by atoms with Gasteiger partial charge < -0.3 is 20.9 Å². The van der Waals surface area contributed by atoms with Gasteiger partial charge in [-0.05, 0) is 31.0 Å². The lowest BCUT2D eigenvalue weighted by Gasteiger charge is -2.19. The number of halogens is 1. The molecule has 0 heterocycles. The number of rotatable bonds is 6. The Morgan fingerprint density at radius 2 is 2.00 bits per heavy atom. The van der Waals surface area contributed by atoms with Gasteiger partial charge in [-0.2, -0.15) is 0 Å². The van der Waals surface area contributed by atoms with Crippen molar-refractivity contribution < 1.29 is 14.6 Å². The molecule has 0 fully saturated rings. The molecular formula is C13H21ClN2O3. The van der Waals surface area contributed by atoms with Gasteiger partial charge in [0.1, 0.15) is 5.75 Å². The van der Waals surface area contributed by atoms with Crippen LogP contribution in [0.3, 0.4) is 0 Å². The predicted octanol–water partition coefficient (Wildman–Crippen LogP) is 1.00. The molecule has 6 heteroatoms. The second-order valence-corrected chi connectivity index (χ2v) is 4.14. The van der Waals surface area contributed by atoms with Crippen molar-refractivity contribution in [3.8, 4) is 5.75 Å². The highest BCUT2D eigenvalue weighted by Crippen LogP contribution is 2.20. The van der Waals surface area contributed by atoms with Crippen LogP contribution in [0.2, 0.25) is 0 Å². The highest BCUT2D eigenvalue weighted by atomic mass is 35.5. The van der Waals surface area contributed by atoms with E-state index in [1.807, 2.05) is 24.3 Å². The van der Waals surface area contributed by atoms with E-state index in [9.17, 15) is 4.79 Å². The number of aliphatic hydroxyl groups is 1. The van der Waals surface area contributed by atoms with Crippen LogP contribution in [0.5, 0.6) is 5.75 Å². The molecule has 0 saturated carbocycles. The normalized spacial score (nSPS) is 13.1. The van der Waals surface area contributed by atoms with Crippen molar-refractivity contribution in [1.82, 2.24) is 5.32 Å². The zero-order chi connectivity index (χ0) is 13.5. The average molecular weight is 289 g/mol. The molecule has 5 nitrogen and oxygen atoms in total. The van der Waals surface area contributed by atoms with Crippen molar-refractivity contribution in [3.05, 3.63) is 29.8 Å². The molecule has 19 heavy (non-hydrogen) atoms. The van der Waals surface area contributed by atoms with Crippen LogP contribution in [-0.2, 0) is 4.79 Å². The van der Waals surface area contributed by atoms with E-state index in [-0.39, 0.29) is 31.0 Å². The maximum Gasteiger partial charge on any atom is 0.237 e. The van der Waals surface area contributed by atoms with Crippen LogP contribution in [0.4, 0.5) is 0 Å². The zero-order valence-electron chi connectivity index (χ0n) is 11.1. The number of hydrogen-bond acceptors (Lipinski definition) is 4. The van der Waals surface area contributed by atoms with Gasteiger partial charge in [-0.1, -0.05) is 12.1 Å². The summed E-state index contributed by atoms with van der Waals surface area (Å²) in [6, 6.07) is 6.56. The SMILES string of the molecule is COc1ccc(C(CCO)NC(=O)C(C)N)cc1.Cl. The number of methoxy groups -OCH3 is 1. The minimum Gasteiger partial charge on any atom is -0.497 e. The molecular weight excluding hydrogens is 268 g/mol. The molecule has 0 aliphatic rings. The van der Waals surface area contributed by atoms with Gasteiger partial charge in [0, 0.05) is 6.61 Å². The second-order valence-electron chi connectivity index (χ2n) is 4.14. The lowest BCUT2D eigenvalue weighted by atomic mass is 10.0. The van der Waals surface area contributed by atoms with Crippen LogP contribution in [0, 0.1) is 0 Å². The molecule has 0 spiro atoms. The highest BCUT2D eigenvalue weighted by molar-refractivity contribution is 5.85. The van der Waals surface area contributed by atoms with E-state index in [0.29, 0.717) is 6.42 Å². The van der Waals surface area contributed by atoms with Crippen LogP contribution in [0.1, 0.15) is 24.9 Å². The average Bonchev–Trinajstić information content (AvgIpc) is 2.38. The third kappa shape index (κ3) is 5.46. The summed E-state index contributed by atoms with van der Waals surface area (Å²) in [6.45, 7) is 1.62. The van der Waals surface area contributed by atoms with E-state index in [1.54, 1.807) is 14.0 Å². The summed E-state index contributed by atoms with van der Waals surface area (Å²) in [5.74, 6) is 0.518. The second kappa shape index (κ2) is 8.74. The summed E-state index contributed by atoms with van der Waals surface area (Å²) < 4.78 is 5.07. The largest absolute Gasteiger partial charge is 0.497 e. The van der Waals surface area contributed by atoms with Gasteiger partial charge in [0.15, 0.2) is 0 Å². The number of ether oxygens (including phenoxy) is 1. The first-order chi connectivity index (χ1) is 8.58. The monoisotopic (exact) mass is 288 g/mol. The Labute approximate surface area is 119 Å². The molecule has 0 aliphatic heterocycles. The van der Waals surface area contributed by atoms with Crippen LogP contribution < -0.4 is 15.8 Å². The van der Waals surface area contributed by atoms with Gasteiger partial charge in [-0.25, -0.2) is 0 Å². The maximum absolute atomic E-state index is 11.6. The highest BCUT2D eigenvalue weighted by Gasteiger charge is 2.16. The molecule has 0 aromatic heterocycles. The van der Waals surface area contributed by atoms with E-state index >= 15 is 0 Å². The third-order valence-corrected chi connectivity index (χ3v) is 2.67. The first-order valence-electron chi connectivity index (χ1n) is 5.89. The number of hydrogen-bond donors (Lipinski definition) is 3. The molecule has 1 aromatic rings. The Kier molecular flexibility index (Phi) is 8.14. The molecule has 4 N–H and O–H groups in total. The third-order valence-electron chi connectivity index (χ3n) is 2.67. The first kappa shape index (κ1) is 17.7. The number of carbonyl (C=O) groups excluding carboxylic acids is 1. The fourth-order valence-corrected chi connectivity index (χ4v) is 1.59. The molecule has 1 amide bonds. The quantitative estimate of drug-likeness (QED) is 0.729.